The third kappa shape index (κ3) is 2.84. The molecule has 10 nitrogen and oxygen atoms in total. The molecule has 0 N–H and O–H groups in total. The van der Waals surface area contributed by atoms with Crippen molar-refractivity contribution in [2.45, 2.75) is 128 Å². The van der Waals surface area contributed by atoms with Gasteiger partial charge in [-0.1, -0.05) is 19.8 Å². The zero-order valence-electron chi connectivity index (χ0n) is 34.1. The molecule has 2 spiro atoms. The number of rotatable bonds is 12. The molecule has 16 aliphatic rings. The Balaban J connectivity index is 0.625. The van der Waals surface area contributed by atoms with E-state index in [1.165, 1.54) is 6.42 Å². The van der Waals surface area contributed by atoms with Crippen molar-refractivity contribution < 1.29 is 19.2 Å². The maximum absolute atomic E-state index is 14.5. The third-order valence-corrected chi connectivity index (χ3v) is 21.2. The number of aliphatic imine (C=N–C) groups is 2. The molecule has 4 amide bonds. The first kappa shape index (κ1) is 33.1. The van der Waals surface area contributed by atoms with E-state index in [1.54, 1.807) is 0 Å². The summed E-state index contributed by atoms with van der Waals surface area (Å²) in [7, 11) is 0. The lowest BCUT2D eigenvalue weighted by Crippen LogP contribution is -3.11. The van der Waals surface area contributed by atoms with Gasteiger partial charge in [0.25, 0.3) is 11.8 Å². The van der Waals surface area contributed by atoms with E-state index in [2.05, 4.69) is 44.4 Å². The van der Waals surface area contributed by atoms with Crippen LogP contribution in [-0.2, 0) is 19.2 Å². The fourth-order valence-corrected chi connectivity index (χ4v) is 19.9. The average Bonchev–Trinajstić information content (AvgIpc) is 3.63. The number of amides is 4. The van der Waals surface area contributed by atoms with Crippen molar-refractivity contribution in [3.63, 3.8) is 0 Å². The van der Waals surface area contributed by atoms with E-state index in [4.69, 9.17) is 9.98 Å². The smallest absolute Gasteiger partial charge is 0.257 e. The fraction of sp³-hybridized carbons (Fsp3) is 0.870. The molecular formula is C46H60N6O4. The summed E-state index contributed by atoms with van der Waals surface area (Å²) >= 11 is 0. The minimum Gasteiger partial charge on any atom is -0.342 e. The van der Waals surface area contributed by atoms with Gasteiger partial charge in [0.05, 0.1) is 17.4 Å². The Morgan fingerprint density at radius 2 is 1.20 bits per heavy atom. The van der Waals surface area contributed by atoms with Crippen LogP contribution in [0.5, 0.6) is 0 Å². The Morgan fingerprint density at radius 3 is 1.80 bits per heavy atom. The molecule has 10 heteroatoms. The SMILES string of the molecule is CCCCC1=NC2(CCN(C(=O)C34C5C6C7C5C3C7(CCCCC3=NC5(CCCN(C(=O)C78C9C%10C%11C9C7C%11C%108)C5)C(=O)N3C(C)C)C64)CC2)C(=O)N1C(C)C. The minimum absolute atomic E-state index is 0.0127. The van der Waals surface area contributed by atoms with Gasteiger partial charge in [-0.25, -0.2) is 0 Å². The van der Waals surface area contributed by atoms with E-state index < -0.39 is 11.1 Å². The molecule has 5 atom stereocenters. The highest BCUT2D eigenvalue weighted by Gasteiger charge is 3.11. The molecule has 56 heavy (non-hydrogen) atoms. The van der Waals surface area contributed by atoms with Gasteiger partial charge in [-0.15, -0.1) is 0 Å². The molecule has 0 aromatic carbocycles. The lowest BCUT2D eigenvalue weighted by molar-refractivity contribution is -0.644. The van der Waals surface area contributed by atoms with Crippen molar-refractivity contribution in [1.82, 2.24) is 19.6 Å². The molecule has 298 valence electrons. The second kappa shape index (κ2) is 9.64. The summed E-state index contributed by atoms with van der Waals surface area (Å²) in [5.74, 6) is 13.0. The van der Waals surface area contributed by atoms with E-state index in [1.807, 2.05) is 9.80 Å². The van der Waals surface area contributed by atoms with Crippen LogP contribution in [0.15, 0.2) is 9.98 Å². The maximum atomic E-state index is 14.5. The van der Waals surface area contributed by atoms with Crippen molar-refractivity contribution in [2.24, 2.45) is 103 Å². The predicted octanol–water partition coefficient (Wildman–Crippen LogP) is 4.86. The van der Waals surface area contributed by atoms with E-state index in [9.17, 15) is 19.2 Å². The van der Waals surface area contributed by atoms with Crippen LogP contribution in [0.4, 0.5) is 0 Å². The summed E-state index contributed by atoms with van der Waals surface area (Å²) in [6, 6.07) is 0.174. The number of carbonyl (C=O) groups is 4. The number of carbonyl (C=O) groups excluding carboxylic acids is 4. The largest absolute Gasteiger partial charge is 0.342 e. The molecule has 14 fully saturated rings. The number of hydrogen-bond acceptors (Lipinski definition) is 6. The van der Waals surface area contributed by atoms with Crippen molar-refractivity contribution in [2.75, 3.05) is 26.2 Å². The summed E-state index contributed by atoms with van der Waals surface area (Å²) in [4.78, 5) is 75.4. The van der Waals surface area contributed by atoms with Crippen molar-refractivity contribution in [3.05, 3.63) is 0 Å². The number of likely N-dealkylation sites (tertiary alicyclic amines) is 2. The molecule has 4 aliphatic heterocycles. The van der Waals surface area contributed by atoms with Crippen molar-refractivity contribution in [1.29, 1.82) is 0 Å². The molecule has 16 rings (SSSR count). The molecule has 0 bridgehead atoms. The van der Waals surface area contributed by atoms with Crippen LogP contribution in [0.25, 0.3) is 0 Å². The van der Waals surface area contributed by atoms with Crippen LogP contribution in [0.1, 0.15) is 105 Å². The van der Waals surface area contributed by atoms with Gasteiger partial charge < -0.3 is 9.80 Å². The zero-order chi connectivity index (χ0) is 38.0. The Labute approximate surface area is 331 Å². The van der Waals surface area contributed by atoms with E-state index in [-0.39, 0.29) is 34.7 Å². The summed E-state index contributed by atoms with van der Waals surface area (Å²) in [5.41, 5.74) is -1.15. The Kier molecular flexibility index (Phi) is 5.70. The van der Waals surface area contributed by atoms with Gasteiger partial charge in [0.15, 0.2) is 5.54 Å². The number of amidine groups is 2. The lowest BCUT2D eigenvalue weighted by Gasteiger charge is -3.11. The number of unbranched alkanes of at least 4 members (excludes halogenated alkanes) is 2. The molecule has 12 saturated carbocycles. The highest BCUT2D eigenvalue weighted by Crippen LogP contribution is 3.11. The number of piperidine rings is 2. The average molecular weight is 761 g/mol. The van der Waals surface area contributed by atoms with Gasteiger partial charge in [-0.3, -0.25) is 39.0 Å². The quantitative estimate of drug-likeness (QED) is 0.265. The Bertz CT molecular complexity index is 1960. The minimum atomic E-state index is -0.784. The second-order valence-corrected chi connectivity index (χ2v) is 22.6. The van der Waals surface area contributed by atoms with Gasteiger partial charge in [-0.05, 0) is 155 Å². The first-order chi connectivity index (χ1) is 27.0. The van der Waals surface area contributed by atoms with Crippen LogP contribution in [0.2, 0.25) is 0 Å². The highest BCUT2D eigenvalue weighted by molar-refractivity contribution is 6.10. The van der Waals surface area contributed by atoms with Crippen molar-refractivity contribution >= 4 is 35.3 Å². The van der Waals surface area contributed by atoms with Crippen LogP contribution >= 0.6 is 0 Å². The topological polar surface area (TPSA) is 106 Å². The summed E-state index contributed by atoms with van der Waals surface area (Å²) in [6.45, 7) is 13.2. The van der Waals surface area contributed by atoms with E-state index in [0.29, 0.717) is 85.2 Å². The number of nitrogens with zero attached hydrogens (tertiary/aromatic N) is 6. The highest BCUT2D eigenvalue weighted by atomic mass is 16.2. The van der Waals surface area contributed by atoms with E-state index in [0.717, 1.165) is 111 Å². The predicted molar refractivity (Wildman–Crippen MR) is 207 cm³/mol. The van der Waals surface area contributed by atoms with Gasteiger partial charge in [-0.2, -0.15) is 0 Å². The summed E-state index contributed by atoms with van der Waals surface area (Å²) in [6.07, 6.45) is 10.1. The Morgan fingerprint density at radius 1 is 0.643 bits per heavy atom. The molecule has 0 aromatic heterocycles. The molecule has 5 unspecified atom stereocenters. The van der Waals surface area contributed by atoms with Gasteiger partial charge in [0.1, 0.15) is 17.2 Å². The standard InChI is InChI=1S/C46H60N6O4/c1-6-7-11-23-47-42(38(53)51(23)21(2)3)15-18-49(19-16-42)41(56)46-35-29-31-30(35)37(46)44(31,36(29)46)14-9-8-12-24-48-43(39(54)52(24)22(4)5)13-10-17-50(20-43)40(55)45-32-26-25-27(32)34(45)28(25)33(26)45/h21-22,25-37H,6-20H2,1-5H3. The van der Waals surface area contributed by atoms with Crippen LogP contribution < -0.4 is 0 Å². The van der Waals surface area contributed by atoms with Gasteiger partial charge >= 0.3 is 0 Å². The fourth-order valence-electron chi connectivity index (χ4n) is 19.9. The maximum Gasteiger partial charge on any atom is 0.257 e. The molecular weight excluding hydrogens is 701 g/mol. The van der Waals surface area contributed by atoms with Crippen molar-refractivity contribution in [3.8, 4) is 0 Å². The van der Waals surface area contributed by atoms with Crippen LogP contribution in [-0.4, -0.2) is 104 Å². The second-order valence-electron chi connectivity index (χ2n) is 22.6. The summed E-state index contributed by atoms with van der Waals surface area (Å²) in [5, 5.41) is 0. The molecule has 0 radical (unpaired) electrons. The van der Waals surface area contributed by atoms with Gasteiger partial charge in [0.2, 0.25) is 11.8 Å². The normalized spacial score (nSPS) is 53.2. The van der Waals surface area contributed by atoms with Crippen LogP contribution in [0.3, 0.4) is 0 Å². The lowest BCUT2D eigenvalue weighted by atomic mass is 8.91. The first-order valence-electron chi connectivity index (χ1n) is 23.4. The summed E-state index contributed by atoms with van der Waals surface area (Å²) < 4.78 is 0. The molecule has 0 aromatic rings. The molecule has 12 aliphatic carbocycles. The Hall–Kier alpha value is -2.78. The third-order valence-electron chi connectivity index (χ3n) is 21.2. The van der Waals surface area contributed by atoms with E-state index >= 15 is 0 Å². The zero-order valence-corrected chi connectivity index (χ0v) is 34.1. The molecule has 4 heterocycles. The number of hydrogen-bond donors (Lipinski definition) is 0. The van der Waals surface area contributed by atoms with Crippen LogP contribution in [0, 0.1) is 93.2 Å². The molecule has 2 saturated heterocycles. The monoisotopic (exact) mass is 760 g/mol. The first-order valence-corrected chi connectivity index (χ1v) is 23.4. The van der Waals surface area contributed by atoms with Gasteiger partial charge in [0, 0.05) is 44.6 Å².